The van der Waals surface area contributed by atoms with Gasteiger partial charge in [0, 0.05) is 29.2 Å². The molecule has 1 aliphatic heterocycles. The Kier molecular flexibility index (Phi) is 6.21. The molecule has 7 nitrogen and oxygen atoms in total. The Morgan fingerprint density at radius 2 is 1.64 bits per heavy atom. The summed E-state index contributed by atoms with van der Waals surface area (Å²) in [5.41, 5.74) is 3.25. The van der Waals surface area contributed by atoms with E-state index in [4.69, 9.17) is 9.47 Å². The number of H-pyrrole nitrogens is 1. The topological polar surface area (TPSA) is 91.9 Å². The fourth-order valence-electron chi connectivity index (χ4n) is 4.73. The zero-order chi connectivity index (χ0) is 25.2. The van der Waals surface area contributed by atoms with Crippen LogP contribution in [-0.4, -0.2) is 47.4 Å². The van der Waals surface area contributed by atoms with Crippen LogP contribution in [0.15, 0.2) is 84.6 Å². The molecule has 182 valence electrons. The Bertz CT molecular complexity index is 1450. The van der Waals surface area contributed by atoms with Crippen molar-refractivity contribution in [3.63, 3.8) is 0 Å². The lowest BCUT2D eigenvalue weighted by molar-refractivity contribution is -0.139. The first kappa shape index (κ1) is 23.2. The number of nitrogens with zero attached hydrogens (tertiary/aromatic N) is 1. The highest BCUT2D eigenvalue weighted by Crippen LogP contribution is 2.39. The van der Waals surface area contributed by atoms with E-state index in [9.17, 15) is 14.7 Å². The monoisotopic (exact) mass is 482 g/mol. The molecule has 1 amide bonds. The number of hydrogen-bond donors (Lipinski definition) is 2. The molecule has 0 aliphatic carbocycles. The van der Waals surface area contributed by atoms with Crippen LogP contribution in [0.3, 0.4) is 0 Å². The lowest BCUT2D eigenvalue weighted by atomic mass is 9.95. The number of likely N-dealkylation sites (tertiary alicyclic amines) is 1. The van der Waals surface area contributed by atoms with Gasteiger partial charge >= 0.3 is 0 Å². The minimum absolute atomic E-state index is 0.0805. The van der Waals surface area contributed by atoms with Crippen molar-refractivity contribution in [1.82, 2.24) is 9.88 Å². The fraction of sp³-hybridized carbons (Fsp3) is 0.172. The van der Waals surface area contributed by atoms with Gasteiger partial charge in [-0.1, -0.05) is 30.3 Å². The molecule has 1 aliphatic rings. The van der Waals surface area contributed by atoms with E-state index in [0.29, 0.717) is 24.3 Å². The van der Waals surface area contributed by atoms with E-state index in [1.165, 1.54) is 0 Å². The Morgan fingerprint density at radius 1 is 0.944 bits per heavy atom. The normalized spacial score (nSPS) is 17.1. The fourth-order valence-corrected chi connectivity index (χ4v) is 4.73. The standard InChI is InChI=1S/C29H26N2O5/c1-35-21-10-8-19(9-11-21)27(32)25-26(18-6-4-3-5-7-18)31(29(34)28(25)33)15-14-20-17-30-24-13-12-22(36-2)16-23(20)24/h3-13,16-17,26,30,32H,14-15H2,1-2H3/b27-25-. The molecule has 0 spiro atoms. The molecule has 0 saturated carbocycles. The van der Waals surface area contributed by atoms with E-state index < -0.39 is 17.7 Å². The number of aromatic nitrogens is 1. The third kappa shape index (κ3) is 4.09. The molecule has 36 heavy (non-hydrogen) atoms. The van der Waals surface area contributed by atoms with Gasteiger partial charge in [-0.25, -0.2) is 0 Å². The van der Waals surface area contributed by atoms with Gasteiger partial charge in [-0.3, -0.25) is 9.59 Å². The van der Waals surface area contributed by atoms with Crippen molar-refractivity contribution in [1.29, 1.82) is 0 Å². The molecule has 5 rings (SSSR count). The zero-order valence-corrected chi connectivity index (χ0v) is 20.0. The van der Waals surface area contributed by atoms with E-state index in [1.54, 1.807) is 43.4 Å². The summed E-state index contributed by atoms with van der Waals surface area (Å²) in [6, 6.07) is 21.1. The second-order valence-corrected chi connectivity index (χ2v) is 8.61. The average Bonchev–Trinajstić information content (AvgIpc) is 3.44. The highest BCUT2D eigenvalue weighted by atomic mass is 16.5. The Morgan fingerprint density at radius 3 is 2.33 bits per heavy atom. The number of aromatic amines is 1. The lowest BCUT2D eigenvalue weighted by Gasteiger charge is -2.25. The van der Waals surface area contributed by atoms with Crippen molar-refractivity contribution in [2.24, 2.45) is 0 Å². The van der Waals surface area contributed by atoms with Crippen molar-refractivity contribution in [2.75, 3.05) is 20.8 Å². The summed E-state index contributed by atoms with van der Waals surface area (Å²) in [5, 5.41) is 12.2. The maximum absolute atomic E-state index is 13.2. The second-order valence-electron chi connectivity index (χ2n) is 8.61. The molecule has 2 N–H and O–H groups in total. The largest absolute Gasteiger partial charge is 0.507 e. The van der Waals surface area contributed by atoms with E-state index in [1.807, 2.05) is 54.7 Å². The number of fused-ring (bicyclic) bond motifs is 1. The molecule has 1 atom stereocenters. The van der Waals surface area contributed by atoms with Gasteiger partial charge in [0.05, 0.1) is 25.8 Å². The third-order valence-corrected chi connectivity index (χ3v) is 6.62. The van der Waals surface area contributed by atoms with Gasteiger partial charge in [0.15, 0.2) is 0 Å². The molecule has 7 heteroatoms. The summed E-state index contributed by atoms with van der Waals surface area (Å²) in [6.45, 7) is 0.299. The number of nitrogens with one attached hydrogen (secondary N) is 1. The van der Waals surface area contributed by atoms with Crippen LogP contribution in [0.5, 0.6) is 11.5 Å². The number of ketones is 1. The SMILES string of the molecule is COc1ccc(/C(O)=C2/C(=O)C(=O)N(CCc3c[nH]c4ccc(OC)cc34)C2c2ccccc2)cc1. The number of hydrogen-bond acceptors (Lipinski definition) is 5. The summed E-state index contributed by atoms with van der Waals surface area (Å²) >= 11 is 0. The van der Waals surface area contributed by atoms with Crippen LogP contribution in [0.1, 0.15) is 22.7 Å². The van der Waals surface area contributed by atoms with Crippen LogP contribution < -0.4 is 9.47 Å². The molecule has 0 bridgehead atoms. The quantitative estimate of drug-likeness (QED) is 0.223. The first-order valence-corrected chi connectivity index (χ1v) is 11.6. The van der Waals surface area contributed by atoms with Crippen LogP contribution in [-0.2, 0) is 16.0 Å². The van der Waals surface area contributed by atoms with Crippen LogP contribution in [0.2, 0.25) is 0 Å². The van der Waals surface area contributed by atoms with Crippen LogP contribution in [0.4, 0.5) is 0 Å². The summed E-state index contributed by atoms with van der Waals surface area (Å²) in [4.78, 5) is 31.3. The number of carbonyl (C=O) groups is 2. The maximum atomic E-state index is 13.2. The Labute approximate surface area is 208 Å². The van der Waals surface area contributed by atoms with Gasteiger partial charge < -0.3 is 24.5 Å². The van der Waals surface area contributed by atoms with Gasteiger partial charge in [-0.15, -0.1) is 0 Å². The van der Waals surface area contributed by atoms with Crippen LogP contribution in [0.25, 0.3) is 16.7 Å². The van der Waals surface area contributed by atoms with Crippen LogP contribution in [0, 0.1) is 0 Å². The molecule has 1 fully saturated rings. The molecular weight excluding hydrogens is 456 g/mol. The van der Waals surface area contributed by atoms with Gasteiger partial charge in [-0.05, 0) is 60.0 Å². The number of carbonyl (C=O) groups excluding carboxylic acids is 2. The van der Waals surface area contributed by atoms with Gasteiger partial charge in [0.25, 0.3) is 11.7 Å². The number of Topliss-reactive ketones (excluding diaryl/α,β-unsaturated/α-hetero) is 1. The molecule has 3 aromatic carbocycles. The summed E-state index contributed by atoms with van der Waals surface area (Å²) < 4.78 is 10.6. The van der Waals surface area contributed by atoms with Gasteiger partial charge in [-0.2, -0.15) is 0 Å². The summed E-state index contributed by atoms with van der Waals surface area (Å²) in [6.07, 6.45) is 2.43. The number of benzene rings is 3. The van der Waals surface area contributed by atoms with Crippen molar-refractivity contribution < 1.29 is 24.2 Å². The minimum Gasteiger partial charge on any atom is -0.507 e. The summed E-state index contributed by atoms with van der Waals surface area (Å²) in [7, 11) is 3.18. The molecular formula is C29H26N2O5. The molecule has 4 aromatic rings. The van der Waals surface area contributed by atoms with Crippen LogP contribution >= 0.6 is 0 Å². The first-order valence-electron chi connectivity index (χ1n) is 11.6. The van der Waals surface area contributed by atoms with Gasteiger partial charge in [0.1, 0.15) is 17.3 Å². The number of ether oxygens (including phenoxy) is 2. The molecule has 1 unspecified atom stereocenters. The van der Waals surface area contributed by atoms with E-state index in [-0.39, 0.29) is 11.3 Å². The maximum Gasteiger partial charge on any atom is 0.295 e. The Hall–Kier alpha value is -4.52. The third-order valence-electron chi connectivity index (χ3n) is 6.62. The number of methoxy groups -OCH3 is 2. The second kappa shape index (κ2) is 9.62. The molecule has 2 heterocycles. The highest BCUT2D eigenvalue weighted by Gasteiger charge is 2.45. The van der Waals surface area contributed by atoms with Crippen molar-refractivity contribution in [3.8, 4) is 11.5 Å². The Balaban J connectivity index is 1.53. The summed E-state index contributed by atoms with van der Waals surface area (Å²) in [5.74, 6) is -0.159. The molecule has 1 aromatic heterocycles. The number of aliphatic hydroxyl groups is 1. The molecule has 1 saturated heterocycles. The number of amides is 1. The van der Waals surface area contributed by atoms with Crippen molar-refractivity contribution >= 4 is 28.4 Å². The highest BCUT2D eigenvalue weighted by molar-refractivity contribution is 6.46. The van der Waals surface area contributed by atoms with E-state index in [0.717, 1.165) is 27.8 Å². The smallest absolute Gasteiger partial charge is 0.295 e. The van der Waals surface area contributed by atoms with Crippen molar-refractivity contribution in [3.05, 3.63) is 101 Å². The predicted molar refractivity (Wildman–Crippen MR) is 137 cm³/mol. The van der Waals surface area contributed by atoms with Crippen molar-refractivity contribution in [2.45, 2.75) is 12.5 Å². The van der Waals surface area contributed by atoms with E-state index >= 15 is 0 Å². The van der Waals surface area contributed by atoms with Gasteiger partial charge in [0.2, 0.25) is 0 Å². The number of rotatable bonds is 7. The predicted octanol–water partition coefficient (Wildman–Crippen LogP) is 4.85. The molecule has 0 radical (unpaired) electrons. The minimum atomic E-state index is -0.701. The number of aliphatic hydroxyl groups excluding tert-OH is 1. The first-order chi connectivity index (χ1) is 17.5. The average molecular weight is 483 g/mol. The lowest BCUT2D eigenvalue weighted by Crippen LogP contribution is -2.31. The zero-order valence-electron chi connectivity index (χ0n) is 20.0. The van der Waals surface area contributed by atoms with E-state index in [2.05, 4.69) is 4.98 Å².